The van der Waals surface area contributed by atoms with Crippen molar-refractivity contribution in [3.05, 3.63) is 60.2 Å². The first-order chi connectivity index (χ1) is 8.29. The van der Waals surface area contributed by atoms with Gasteiger partial charge in [-0.15, -0.1) is 0 Å². The average Bonchev–Trinajstić information content (AvgIpc) is 2.40. The normalized spacial score (nSPS) is 9.94. The van der Waals surface area contributed by atoms with Crippen LogP contribution in [0.5, 0.6) is 5.75 Å². The number of ether oxygens (including phenoxy) is 1. The van der Waals surface area contributed by atoms with Gasteiger partial charge < -0.3 is 0 Å². The molecular formula is C14H12O2Se. The van der Waals surface area contributed by atoms with Crippen molar-refractivity contribution in [2.24, 2.45) is 0 Å². The fourth-order valence-corrected chi connectivity index (χ4v) is 2.94. The van der Waals surface area contributed by atoms with Crippen LogP contribution in [0, 0.1) is 0 Å². The molecule has 0 saturated carbocycles. The SMILES string of the molecule is COc1ccc([Se]C(=O)c2ccccc2)cc1. The van der Waals surface area contributed by atoms with Crippen molar-refractivity contribution in [2.45, 2.75) is 0 Å². The molecule has 17 heavy (non-hydrogen) atoms. The molecular weight excluding hydrogens is 279 g/mol. The Morgan fingerprint density at radius 3 is 2.24 bits per heavy atom. The first kappa shape index (κ1) is 11.9. The van der Waals surface area contributed by atoms with Crippen LogP contribution in [0.3, 0.4) is 0 Å². The molecule has 0 saturated heterocycles. The Morgan fingerprint density at radius 1 is 1.00 bits per heavy atom. The number of hydrogen-bond donors (Lipinski definition) is 0. The van der Waals surface area contributed by atoms with Crippen LogP contribution in [-0.2, 0) is 0 Å². The van der Waals surface area contributed by atoms with Crippen molar-refractivity contribution in [1.29, 1.82) is 0 Å². The van der Waals surface area contributed by atoms with E-state index < -0.39 is 0 Å². The number of benzene rings is 2. The van der Waals surface area contributed by atoms with Crippen LogP contribution in [0.15, 0.2) is 54.6 Å². The fourth-order valence-electron chi connectivity index (χ4n) is 1.38. The molecule has 0 bridgehead atoms. The molecule has 0 amide bonds. The Bertz CT molecular complexity index is 491. The van der Waals surface area contributed by atoms with Crippen molar-refractivity contribution in [1.82, 2.24) is 0 Å². The van der Waals surface area contributed by atoms with Crippen LogP contribution in [0.25, 0.3) is 0 Å². The molecule has 2 aromatic carbocycles. The minimum absolute atomic E-state index is 0.173. The van der Waals surface area contributed by atoms with Gasteiger partial charge in [0.1, 0.15) is 0 Å². The Labute approximate surface area is 107 Å². The quantitative estimate of drug-likeness (QED) is 0.804. The molecule has 0 N–H and O–H groups in total. The van der Waals surface area contributed by atoms with Gasteiger partial charge in [-0.1, -0.05) is 0 Å². The van der Waals surface area contributed by atoms with Crippen LogP contribution in [-0.4, -0.2) is 26.7 Å². The summed E-state index contributed by atoms with van der Waals surface area (Å²) in [5.74, 6) is 0.816. The molecule has 0 aliphatic rings. The van der Waals surface area contributed by atoms with Crippen LogP contribution in [0.2, 0.25) is 0 Å². The van der Waals surface area contributed by atoms with E-state index in [1.165, 1.54) is 0 Å². The topological polar surface area (TPSA) is 26.3 Å². The van der Waals surface area contributed by atoms with Gasteiger partial charge in [0.15, 0.2) is 0 Å². The molecule has 3 heteroatoms. The van der Waals surface area contributed by atoms with Crippen molar-refractivity contribution in [3.8, 4) is 5.75 Å². The Morgan fingerprint density at radius 2 is 1.65 bits per heavy atom. The third-order valence-electron chi connectivity index (χ3n) is 2.28. The maximum absolute atomic E-state index is 12.0. The predicted octanol–water partition coefficient (Wildman–Crippen LogP) is 1.87. The standard InChI is InChI=1S/C14H12O2Se/c1-16-12-7-9-13(10-8-12)17-14(15)11-5-3-2-4-6-11/h2-10H,1H3. The summed E-state index contributed by atoms with van der Waals surface area (Å²) >= 11 is -0.173. The first-order valence-electron chi connectivity index (χ1n) is 5.21. The second-order valence-corrected chi connectivity index (χ2v) is 5.63. The maximum atomic E-state index is 12.0. The molecule has 0 spiro atoms. The minimum atomic E-state index is -0.173. The van der Waals surface area contributed by atoms with E-state index in [1.54, 1.807) is 7.11 Å². The first-order valence-corrected chi connectivity index (χ1v) is 6.92. The zero-order valence-electron chi connectivity index (χ0n) is 9.42. The van der Waals surface area contributed by atoms with Gasteiger partial charge in [0.2, 0.25) is 0 Å². The summed E-state index contributed by atoms with van der Waals surface area (Å²) < 4.78 is 6.34. The summed E-state index contributed by atoms with van der Waals surface area (Å²) in [6, 6.07) is 17.1. The Hall–Kier alpha value is -1.57. The summed E-state index contributed by atoms with van der Waals surface area (Å²) in [7, 11) is 1.63. The zero-order chi connectivity index (χ0) is 12.1. The summed E-state index contributed by atoms with van der Waals surface area (Å²) in [5.41, 5.74) is 0.781. The number of carbonyl (C=O) groups excluding carboxylic acids is 1. The zero-order valence-corrected chi connectivity index (χ0v) is 11.1. The second-order valence-electron chi connectivity index (χ2n) is 3.43. The fraction of sp³-hybridized carbons (Fsp3) is 0.0714. The number of methoxy groups -OCH3 is 1. The molecule has 0 aliphatic heterocycles. The van der Waals surface area contributed by atoms with Crippen molar-refractivity contribution in [2.75, 3.05) is 7.11 Å². The van der Waals surface area contributed by atoms with E-state index in [-0.39, 0.29) is 19.6 Å². The van der Waals surface area contributed by atoms with Gasteiger partial charge in [-0.05, 0) is 0 Å². The third kappa shape index (κ3) is 3.19. The van der Waals surface area contributed by atoms with Crippen molar-refractivity contribution in [3.63, 3.8) is 0 Å². The number of rotatable bonds is 4. The van der Waals surface area contributed by atoms with E-state index in [9.17, 15) is 4.79 Å². The monoisotopic (exact) mass is 292 g/mol. The number of hydrogen-bond acceptors (Lipinski definition) is 2. The van der Waals surface area contributed by atoms with Gasteiger partial charge in [0.25, 0.3) is 0 Å². The van der Waals surface area contributed by atoms with Gasteiger partial charge in [0, 0.05) is 0 Å². The summed E-state index contributed by atoms with van der Waals surface area (Å²) in [4.78, 5) is 12.0. The van der Waals surface area contributed by atoms with E-state index in [4.69, 9.17) is 4.74 Å². The summed E-state index contributed by atoms with van der Waals surface area (Å²) in [5, 5.41) is 0. The van der Waals surface area contributed by atoms with Crippen molar-refractivity contribution >= 4 is 24.1 Å². The van der Waals surface area contributed by atoms with Gasteiger partial charge in [-0.25, -0.2) is 0 Å². The molecule has 0 aromatic heterocycles. The van der Waals surface area contributed by atoms with Crippen molar-refractivity contribution < 1.29 is 9.53 Å². The molecule has 2 rings (SSSR count). The summed E-state index contributed by atoms with van der Waals surface area (Å²) in [6.07, 6.45) is 0. The second kappa shape index (κ2) is 5.67. The van der Waals surface area contributed by atoms with Crippen LogP contribution >= 0.6 is 0 Å². The van der Waals surface area contributed by atoms with Gasteiger partial charge in [-0.2, -0.15) is 0 Å². The molecule has 86 valence electrons. The van der Waals surface area contributed by atoms with E-state index in [0.29, 0.717) is 0 Å². The van der Waals surface area contributed by atoms with Gasteiger partial charge in [-0.3, -0.25) is 0 Å². The van der Waals surface area contributed by atoms with Crippen LogP contribution in [0.4, 0.5) is 0 Å². The van der Waals surface area contributed by atoms with Crippen LogP contribution < -0.4 is 9.20 Å². The Kier molecular flexibility index (Phi) is 3.97. The molecule has 0 unspecified atom stereocenters. The molecule has 0 aliphatic carbocycles. The number of carbonyl (C=O) groups is 1. The average molecular weight is 291 g/mol. The molecule has 0 heterocycles. The van der Waals surface area contributed by atoms with Crippen LogP contribution in [0.1, 0.15) is 10.4 Å². The van der Waals surface area contributed by atoms with Gasteiger partial charge in [0.05, 0.1) is 0 Å². The molecule has 0 atom stereocenters. The summed E-state index contributed by atoms with van der Waals surface area (Å²) in [6.45, 7) is 0. The predicted molar refractivity (Wildman–Crippen MR) is 69.2 cm³/mol. The Balaban J connectivity index is 2.08. The molecule has 2 aromatic rings. The molecule has 0 fully saturated rings. The molecule has 0 radical (unpaired) electrons. The van der Waals surface area contributed by atoms with E-state index in [0.717, 1.165) is 15.8 Å². The van der Waals surface area contributed by atoms with E-state index >= 15 is 0 Å². The van der Waals surface area contributed by atoms with Gasteiger partial charge >= 0.3 is 107 Å². The molecule has 2 nitrogen and oxygen atoms in total. The van der Waals surface area contributed by atoms with E-state index in [1.807, 2.05) is 54.6 Å². The van der Waals surface area contributed by atoms with E-state index in [2.05, 4.69) is 0 Å². The third-order valence-corrected chi connectivity index (χ3v) is 4.23.